The molecule has 1 atom stereocenters. The van der Waals surface area contributed by atoms with Crippen molar-refractivity contribution in [2.45, 2.75) is 60.0 Å². The van der Waals surface area contributed by atoms with Crippen molar-refractivity contribution in [3.8, 4) is 0 Å². The number of aryl methyl sites for hydroxylation is 1. The first-order valence-corrected chi connectivity index (χ1v) is 8.29. The van der Waals surface area contributed by atoms with Gasteiger partial charge in [0.25, 0.3) is 0 Å². The Morgan fingerprint density at radius 1 is 1.33 bits per heavy atom. The van der Waals surface area contributed by atoms with Crippen molar-refractivity contribution in [2.75, 3.05) is 6.54 Å². The molecule has 0 fully saturated rings. The number of nitrogens with one attached hydrogen (secondary N) is 2. The number of hydrogen-bond donors (Lipinski definition) is 2. The Morgan fingerprint density at radius 2 is 2.05 bits per heavy atom. The van der Waals surface area contributed by atoms with Gasteiger partial charge < -0.3 is 10.6 Å². The van der Waals surface area contributed by atoms with Crippen LogP contribution in [0, 0.1) is 12.8 Å². The minimum absolute atomic E-state index is 0. The lowest BCUT2D eigenvalue weighted by atomic mass is 10.0. The Balaban J connectivity index is 0.00000400. The van der Waals surface area contributed by atoms with Gasteiger partial charge in [0.2, 0.25) is 0 Å². The number of halogens is 1. The van der Waals surface area contributed by atoms with Crippen LogP contribution in [0.25, 0.3) is 0 Å². The fourth-order valence-corrected chi connectivity index (χ4v) is 2.56. The van der Waals surface area contributed by atoms with E-state index in [-0.39, 0.29) is 24.0 Å². The second-order valence-electron chi connectivity index (χ2n) is 5.56. The lowest BCUT2D eigenvalue weighted by Crippen LogP contribution is -2.42. The van der Waals surface area contributed by atoms with Crippen molar-refractivity contribution in [3.63, 3.8) is 0 Å². The molecule has 0 aliphatic carbocycles. The molecule has 0 aromatic carbocycles. The fraction of sp³-hybridized carbons (Fsp3) is 0.733. The highest BCUT2D eigenvalue weighted by atomic mass is 127. The molecule has 2 N–H and O–H groups in total. The van der Waals surface area contributed by atoms with Crippen molar-refractivity contribution in [1.82, 2.24) is 15.6 Å². The van der Waals surface area contributed by atoms with Crippen molar-refractivity contribution < 1.29 is 0 Å². The van der Waals surface area contributed by atoms with Crippen LogP contribution in [-0.4, -0.2) is 23.5 Å². The number of aliphatic imine (C=N–C) groups is 1. The zero-order chi connectivity index (χ0) is 15.0. The lowest BCUT2D eigenvalue weighted by molar-refractivity contribution is 0.489. The van der Waals surface area contributed by atoms with E-state index in [4.69, 9.17) is 0 Å². The van der Waals surface area contributed by atoms with Crippen LogP contribution < -0.4 is 10.6 Å². The summed E-state index contributed by atoms with van der Waals surface area (Å²) in [7, 11) is 0. The minimum atomic E-state index is 0. The molecular formula is C15H29IN4S. The predicted molar refractivity (Wildman–Crippen MR) is 104 cm³/mol. The number of nitrogens with zero attached hydrogens (tertiary/aromatic N) is 2. The number of rotatable bonds is 7. The zero-order valence-electron chi connectivity index (χ0n) is 13.8. The summed E-state index contributed by atoms with van der Waals surface area (Å²) in [6.45, 7) is 12.4. The van der Waals surface area contributed by atoms with Crippen LogP contribution in [0.1, 0.15) is 50.4 Å². The number of hydrogen-bond acceptors (Lipinski definition) is 3. The SMILES string of the molecule is CCNC(=NCc1cnc(C)s1)NC(C)CCC(C)C.I. The van der Waals surface area contributed by atoms with Gasteiger partial charge in [-0.2, -0.15) is 0 Å². The standard InChI is InChI=1S/C15H28N4S.HI/c1-6-16-15(19-12(4)8-7-11(2)3)18-10-14-9-17-13(5)20-14;/h9,11-12H,6-8,10H2,1-5H3,(H2,16,18,19);1H. The molecule has 0 aliphatic heterocycles. The molecule has 0 bridgehead atoms. The van der Waals surface area contributed by atoms with E-state index in [2.05, 4.69) is 48.3 Å². The third kappa shape index (κ3) is 9.29. The van der Waals surface area contributed by atoms with Crippen LogP contribution in [0.2, 0.25) is 0 Å². The highest BCUT2D eigenvalue weighted by Gasteiger charge is 2.06. The van der Waals surface area contributed by atoms with Gasteiger partial charge >= 0.3 is 0 Å². The molecule has 0 saturated heterocycles. The number of thiazole rings is 1. The van der Waals surface area contributed by atoms with E-state index in [1.54, 1.807) is 11.3 Å². The summed E-state index contributed by atoms with van der Waals surface area (Å²) in [6, 6.07) is 0.443. The van der Waals surface area contributed by atoms with Gasteiger partial charge in [-0.05, 0) is 39.5 Å². The molecule has 0 radical (unpaired) electrons. The Morgan fingerprint density at radius 3 is 2.57 bits per heavy atom. The minimum Gasteiger partial charge on any atom is -0.357 e. The molecular weight excluding hydrogens is 395 g/mol. The summed E-state index contributed by atoms with van der Waals surface area (Å²) in [6.07, 6.45) is 4.32. The van der Waals surface area contributed by atoms with Gasteiger partial charge in [0.1, 0.15) is 0 Å². The third-order valence-electron chi connectivity index (χ3n) is 2.97. The van der Waals surface area contributed by atoms with Crippen LogP contribution >= 0.6 is 35.3 Å². The highest BCUT2D eigenvalue weighted by molar-refractivity contribution is 14.0. The molecule has 6 heteroatoms. The molecule has 0 saturated carbocycles. The average molecular weight is 424 g/mol. The van der Waals surface area contributed by atoms with Gasteiger partial charge in [-0.15, -0.1) is 35.3 Å². The van der Waals surface area contributed by atoms with E-state index in [1.807, 2.05) is 13.1 Å². The molecule has 1 aromatic heterocycles. The Hall–Kier alpha value is -0.370. The first-order chi connectivity index (χ1) is 9.51. The van der Waals surface area contributed by atoms with Crippen molar-refractivity contribution in [2.24, 2.45) is 10.9 Å². The zero-order valence-corrected chi connectivity index (χ0v) is 16.9. The van der Waals surface area contributed by atoms with Gasteiger partial charge in [0, 0.05) is 23.7 Å². The quantitative estimate of drug-likeness (QED) is 0.396. The number of aromatic nitrogens is 1. The van der Waals surface area contributed by atoms with Crippen molar-refractivity contribution in [1.29, 1.82) is 0 Å². The van der Waals surface area contributed by atoms with Crippen molar-refractivity contribution in [3.05, 3.63) is 16.1 Å². The summed E-state index contributed by atoms with van der Waals surface area (Å²) in [5.41, 5.74) is 0. The van der Waals surface area contributed by atoms with Crippen LogP contribution in [0.4, 0.5) is 0 Å². The Bertz CT molecular complexity index is 418. The molecule has 1 aromatic rings. The monoisotopic (exact) mass is 424 g/mol. The smallest absolute Gasteiger partial charge is 0.191 e. The molecule has 1 heterocycles. The molecule has 0 spiro atoms. The highest BCUT2D eigenvalue weighted by Crippen LogP contribution is 2.12. The van der Waals surface area contributed by atoms with Crippen LogP contribution in [0.3, 0.4) is 0 Å². The first kappa shape index (κ1) is 20.6. The maximum atomic E-state index is 4.63. The summed E-state index contributed by atoms with van der Waals surface area (Å²) < 4.78 is 0. The summed E-state index contributed by atoms with van der Waals surface area (Å²) >= 11 is 1.71. The van der Waals surface area contributed by atoms with E-state index in [9.17, 15) is 0 Å². The Kier molecular flexibility index (Phi) is 11.0. The van der Waals surface area contributed by atoms with Crippen LogP contribution in [-0.2, 0) is 6.54 Å². The van der Waals surface area contributed by atoms with Crippen LogP contribution in [0.15, 0.2) is 11.2 Å². The van der Waals surface area contributed by atoms with E-state index in [1.165, 1.54) is 17.7 Å². The summed E-state index contributed by atoms with van der Waals surface area (Å²) in [4.78, 5) is 10.1. The first-order valence-electron chi connectivity index (χ1n) is 7.47. The van der Waals surface area contributed by atoms with Gasteiger partial charge in [0.15, 0.2) is 5.96 Å². The predicted octanol–water partition coefficient (Wildman–Crippen LogP) is 3.95. The maximum Gasteiger partial charge on any atom is 0.191 e. The largest absolute Gasteiger partial charge is 0.357 e. The van der Waals surface area contributed by atoms with Gasteiger partial charge in [0.05, 0.1) is 11.6 Å². The van der Waals surface area contributed by atoms with E-state index in [0.29, 0.717) is 12.6 Å². The molecule has 4 nitrogen and oxygen atoms in total. The van der Waals surface area contributed by atoms with E-state index < -0.39 is 0 Å². The fourth-order valence-electron chi connectivity index (χ4n) is 1.84. The summed E-state index contributed by atoms with van der Waals surface area (Å²) in [5.74, 6) is 1.65. The maximum absolute atomic E-state index is 4.63. The molecule has 0 amide bonds. The van der Waals surface area contributed by atoms with E-state index >= 15 is 0 Å². The molecule has 1 rings (SSSR count). The average Bonchev–Trinajstić information content (AvgIpc) is 2.80. The normalized spacial score (nSPS) is 13.0. The van der Waals surface area contributed by atoms with Gasteiger partial charge in [-0.1, -0.05) is 13.8 Å². The second kappa shape index (κ2) is 11.2. The van der Waals surface area contributed by atoms with Gasteiger partial charge in [-0.25, -0.2) is 9.98 Å². The molecule has 1 unspecified atom stereocenters. The topological polar surface area (TPSA) is 49.3 Å². The third-order valence-corrected chi connectivity index (χ3v) is 3.86. The summed E-state index contributed by atoms with van der Waals surface area (Å²) in [5, 5.41) is 7.87. The van der Waals surface area contributed by atoms with Gasteiger partial charge in [-0.3, -0.25) is 0 Å². The molecule has 0 aliphatic rings. The second-order valence-corrected chi connectivity index (χ2v) is 6.88. The lowest BCUT2D eigenvalue weighted by Gasteiger charge is -2.18. The Labute approximate surface area is 150 Å². The van der Waals surface area contributed by atoms with E-state index in [0.717, 1.165) is 23.4 Å². The molecule has 122 valence electrons. The van der Waals surface area contributed by atoms with Crippen molar-refractivity contribution >= 4 is 41.3 Å². The van der Waals surface area contributed by atoms with Crippen LogP contribution in [0.5, 0.6) is 0 Å². The number of guanidine groups is 1. The molecule has 21 heavy (non-hydrogen) atoms.